The first-order valence-corrected chi connectivity index (χ1v) is 9.32. The predicted octanol–water partition coefficient (Wildman–Crippen LogP) is 7.24. The van der Waals surface area contributed by atoms with Gasteiger partial charge in [-0.2, -0.15) is 0 Å². The van der Waals surface area contributed by atoms with Crippen LogP contribution in [0.2, 0.25) is 0 Å². The molecule has 0 N–H and O–H groups in total. The summed E-state index contributed by atoms with van der Waals surface area (Å²) in [6.07, 6.45) is 5.42. The summed E-state index contributed by atoms with van der Waals surface area (Å²) in [5.74, 6) is 0.730. The average molecular weight is 365 g/mol. The molecule has 0 radical (unpaired) electrons. The van der Waals surface area contributed by atoms with Gasteiger partial charge < -0.3 is 0 Å². The highest BCUT2D eigenvalue weighted by molar-refractivity contribution is 9.10. The summed E-state index contributed by atoms with van der Waals surface area (Å²) in [5.41, 5.74) is 5.73. The fourth-order valence-electron chi connectivity index (χ4n) is 4.14. The van der Waals surface area contributed by atoms with Crippen molar-refractivity contribution in [2.45, 2.75) is 38.5 Å². The molecule has 1 heteroatoms. The van der Waals surface area contributed by atoms with Crippen molar-refractivity contribution in [2.75, 3.05) is 0 Å². The number of hydrogen-bond acceptors (Lipinski definition) is 0. The van der Waals surface area contributed by atoms with Gasteiger partial charge in [0.05, 0.1) is 0 Å². The third-order valence-electron chi connectivity index (χ3n) is 5.22. The lowest BCUT2D eigenvalue weighted by Gasteiger charge is -2.19. The fourth-order valence-corrected chi connectivity index (χ4v) is 4.83. The Labute approximate surface area is 146 Å². The van der Waals surface area contributed by atoms with Crippen LogP contribution in [0.5, 0.6) is 0 Å². The van der Waals surface area contributed by atoms with Crippen LogP contribution in [0, 0.1) is 6.92 Å². The summed E-state index contributed by atoms with van der Waals surface area (Å²) in [6, 6.07) is 20.1. The van der Waals surface area contributed by atoms with Crippen molar-refractivity contribution in [1.82, 2.24) is 0 Å². The number of benzene rings is 3. The molecule has 1 aliphatic rings. The van der Waals surface area contributed by atoms with Gasteiger partial charge in [-0.05, 0) is 64.8 Å². The minimum Gasteiger partial charge on any atom is -0.0619 e. The standard InChI is InChI=1S/C22H21Br/c1-15-14-21(23)18-11-5-7-13-20(18)22(15)19-12-6-4-10-17(19)16-8-2-3-9-16/h4-7,10-14,16H,2-3,8-9H2,1H3. The van der Waals surface area contributed by atoms with Crippen molar-refractivity contribution in [2.24, 2.45) is 0 Å². The second-order valence-corrected chi connectivity index (χ2v) is 7.52. The Bertz CT molecular complexity index is 857. The van der Waals surface area contributed by atoms with Gasteiger partial charge >= 0.3 is 0 Å². The molecular formula is C22H21Br. The van der Waals surface area contributed by atoms with Gasteiger partial charge in [0.1, 0.15) is 0 Å². The van der Waals surface area contributed by atoms with Crippen LogP contribution in [-0.2, 0) is 0 Å². The molecular weight excluding hydrogens is 344 g/mol. The van der Waals surface area contributed by atoms with Gasteiger partial charge in [0.25, 0.3) is 0 Å². The van der Waals surface area contributed by atoms with Crippen molar-refractivity contribution >= 4 is 26.7 Å². The maximum absolute atomic E-state index is 3.74. The molecule has 23 heavy (non-hydrogen) atoms. The topological polar surface area (TPSA) is 0 Å². The van der Waals surface area contributed by atoms with Crippen molar-refractivity contribution < 1.29 is 0 Å². The third kappa shape index (κ3) is 2.61. The SMILES string of the molecule is Cc1cc(Br)c2ccccc2c1-c1ccccc1C1CCCC1. The van der Waals surface area contributed by atoms with E-state index >= 15 is 0 Å². The molecule has 0 heterocycles. The molecule has 3 aromatic rings. The van der Waals surface area contributed by atoms with E-state index in [9.17, 15) is 0 Å². The summed E-state index contributed by atoms with van der Waals surface area (Å²) in [4.78, 5) is 0. The molecule has 0 aliphatic heterocycles. The molecule has 3 aromatic carbocycles. The Morgan fingerprint density at radius 2 is 1.52 bits per heavy atom. The minimum absolute atomic E-state index is 0.730. The molecule has 1 saturated carbocycles. The van der Waals surface area contributed by atoms with Crippen LogP contribution in [0.3, 0.4) is 0 Å². The number of halogens is 1. The average Bonchev–Trinajstić information content (AvgIpc) is 3.10. The Morgan fingerprint density at radius 1 is 0.870 bits per heavy atom. The molecule has 0 atom stereocenters. The third-order valence-corrected chi connectivity index (χ3v) is 5.87. The van der Waals surface area contributed by atoms with Gasteiger partial charge in [-0.25, -0.2) is 0 Å². The zero-order chi connectivity index (χ0) is 15.8. The van der Waals surface area contributed by atoms with E-state index in [1.54, 1.807) is 5.56 Å². The van der Waals surface area contributed by atoms with E-state index in [4.69, 9.17) is 0 Å². The van der Waals surface area contributed by atoms with Crippen LogP contribution in [0.25, 0.3) is 21.9 Å². The second kappa shape index (κ2) is 6.13. The molecule has 0 spiro atoms. The van der Waals surface area contributed by atoms with Crippen LogP contribution >= 0.6 is 15.9 Å². The van der Waals surface area contributed by atoms with E-state index in [-0.39, 0.29) is 0 Å². The molecule has 1 fully saturated rings. The molecule has 1 aliphatic carbocycles. The molecule has 4 rings (SSSR count). The van der Waals surface area contributed by atoms with Crippen LogP contribution < -0.4 is 0 Å². The molecule has 0 bridgehead atoms. The minimum atomic E-state index is 0.730. The normalized spacial score (nSPS) is 15.4. The highest BCUT2D eigenvalue weighted by Crippen LogP contribution is 2.43. The monoisotopic (exact) mass is 364 g/mol. The van der Waals surface area contributed by atoms with Crippen LogP contribution in [0.4, 0.5) is 0 Å². The van der Waals surface area contributed by atoms with Crippen LogP contribution in [0.15, 0.2) is 59.1 Å². The highest BCUT2D eigenvalue weighted by atomic mass is 79.9. The number of rotatable bonds is 2. The lowest BCUT2D eigenvalue weighted by atomic mass is 9.86. The van der Waals surface area contributed by atoms with Crippen LogP contribution in [0.1, 0.15) is 42.7 Å². The van der Waals surface area contributed by atoms with Gasteiger partial charge in [0.15, 0.2) is 0 Å². The first-order valence-electron chi connectivity index (χ1n) is 8.53. The van der Waals surface area contributed by atoms with Crippen molar-refractivity contribution in [3.63, 3.8) is 0 Å². The Morgan fingerprint density at radius 3 is 2.30 bits per heavy atom. The molecule has 0 saturated heterocycles. The first kappa shape index (κ1) is 15.0. The lowest BCUT2D eigenvalue weighted by Crippen LogP contribution is -1.98. The van der Waals surface area contributed by atoms with Crippen LogP contribution in [-0.4, -0.2) is 0 Å². The van der Waals surface area contributed by atoms with E-state index in [1.165, 1.54) is 57.6 Å². The molecule has 0 unspecified atom stereocenters. The fraction of sp³-hybridized carbons (Fsp3) is 0.273. The number of aryl methyl sites for hydroxylation is 1. The zero-order valence-corrected chi connectivity index (χ0v) is 15.1. The summed E-state index contributed by atoms with van der Waals surface area (Å²) >= 11 is 3.74. The Balaban J connectivity index is 2.00. The molecule has 0 aromatic heterocycles. The summed E-state index contributed by atoms with van der Waals surface area (Å²) in [7, 11) is 0. The smallest absolute Gasteiger partial charge is 0.0256 e. The van der Waals surface area contributed by atoms with Gasteiger partial charge in [-0.1, -0.05) is 77.3 Å². The largest absolute Gasteiger partial charge is 0.0619 e. The maximum Gasteiger partial charge on any atom is 0.0256 e. The van der Waals surface area contributed by atoms with E-state index in [0.717, 1.165) is 5.92 Å². The Hall–Kier alpha value is -1.60. The number of fused-ring (bicyclic) bond motifs is 1. The maximum atomic E-state index is 3.74. The summed E-state index contributed by atoms with van der Waals surface area (Å²) in [6.45, 7) is 2.23. The number of hydrogen-bond donors (Lipinski definition) is 0. The quantitative estimate of drug-likeness (QED) is 0.449. The van der Waals surface area contributed by atoms with Gasteiger partial charge in [0.2, 0.25) is 0 Å². The highest BCUT2D eigenvalue weighted by Gasteiger charge is 2.21. The summed E-state index contributed by atoms with van der Waals surface area (Å²) < 4.78 is 1.19. The van der Waals surface area contributed by atoms with Crippen molar-refractivity contribution in [3.05, 3.63) is 70.2 Å². The second-order valence-electron chi connectivity index (χ2n) is 6.66. The molecule has 116 valence electrons. The molecule has 0 nitrogen and oxygen atoms in total. The van der Waals surface area contributed by atoms with Gasteiger partial charge in [0, 0.05) is 4.47 Å². The predicted molar refractivity (Wildman–Crippen MR) is 103 cm³/mol. The van der Waals surface area contributed by atoms with E-state index in [1.807, 2.05) is 0 Å². The first-order chi connectivity index (χ1) is 11.3. The van der Waals surface area contributed by atoms with Crippen molar-refractivity contribution in [3.8, 4) is 11.1 Å². The summed E-state index contributed by atoms with van der Waals surface area (Å²) in [5, 5.41) is 2.65. The van der Waals surface area contributed by atoms with Crippen molar-refractivity contribution in [1.29, 1.82) is 0 Å². The Kier molecular flexibility index (Phi) is 3.98. The zero-order valence-electron chi connectivity index (χ0n) is 13.5. The van der Waals surface area contributed by atoms with E-state index in [0.29, 0.717) is 0 Å². The van der Waals surface area contributed by atoms with E-state index in [2.05, 4.69) is 77.5 Å². The molecule has 0 amide bonds. The lowest BCUT2D eigenvalue weighted by molar-refractivity contribution is 0.725. The van der Waals surface area contributed by atoms with E-state index < -0.39 is 0 Å². The van der Waals surface area contributed by atoms with Gasteiger partial charge in [-0.3, -0.25) is 0 Å². The van der Waals surface area contributed by atoms with Gasteiger partial charge in [-0.15, -0.1) is 0 Å².